The van der Waals surface area contributed by atoms with Crippen molar-refractivity contribution in [3.8, 4) is 0 Å². The molecule has 1 amide bonds. The Morgan fingerprint density at radius 1 is 1.43 bits per heavy atom. The van der Waals surface area contributed by atoms with Crippen molar-refractivity contribution in [3.63, 3.8) is 0 Å². The number of aliphatic hydroxyl groups is 1. The third kappa shape index (κ3) is 4.94. The highest BCUT2D eigenvalue weighted by Crippen LogP contribution is 2.21. The first kappa shape index (κ1) is 17.9. The van der Waals surface area contributed by atoms with Crippen molar-refractivity contribution >= 4 is 21.9 Å². The summed E-state index contributed by atoms with van der Waals surface area (Å²) in [7, 11) is -3.43. The van der Waals surface area contributed by atoms with E-state index in [1.54, 1.807) is 6.92 Å². The van der Waals surface area contributed by atoms with Gasteiger partial charge in [0, 0.05) is 19.5 Å². The molecule has 2 unspecified atom stereocenters. The molecular weight excluding hydrogens is 300 g/mol. The molecule has 1 heterocycles. The van der Waals surface area contributed by atoms with E-state index in [1.807, 2.05) is 0 Å². The summed E-state index contributed by atoms with van der Waals surface area (Å²) in [4.78, 5) is 22.4. The minimum absolute atomic E-state index is 0.00844. The minimum atomic E-state index is -3.43. The smallest absolute Gasteiger partial charge is 0.332 e. The van der Waals surface area contributed by atoms with Crippen LogP contribution in [0, 0.1) is 0 Å². The lowest BCUT2D eigenvalue weighted by molar-refractivity contribution is -0.147. The molecule has 0 bridgehead atoms. The van der Waals surface area contributed by atoms with E-state index < -0.39 is 34.0 Å². The molecule has 8 nitrogen and oxygen atoms in total. The molecule has 0 saturated carbocycles. The van der Waals surface area contributed by atoms with Crippen molar-refractivity contribution in [2.75, 3.05) is 18.8 Å². The predicted molar refractivity (Wildman–Crippen MR) is 75.1 cm³/mol. The van der Waals surface area contributed by atoms with Crippen molar-refractivity contribution in [2.24, 2.45) is 0 Å². The number of aliphatic carboxylic acids is 1. The van der Waals surface area contributed by atoms with E-state index in [4.69, 9.17) is 10.2 Å². The molecule has 0 aromatic rings. The summed E-state index contributed by atoms with van der Waals surface area (Å²) in [5, 5.41) is 20.1. The van der Waals surface area contributed by atoms with E-state index in [2.05, 4.69) is 5.32 Å². The molecule has 1 saturated heterocycles. The van der Waals surface area contributed by atoms with Gasteiger partial charge < -0.3 is 15.5 Å². The van der Waals surface area contributed by atoms with Crippen molar-refractivity contribution in [1.82, 2.24) is 9.62 Å². The molecule has 1 rings (SSSR count). The largest absolute Gasteiger partial charge is 0.479 e. The fourth-order valence-corrected chi connectivity index (χ4v) is 4.03. The summed E-state index contributed by atoms with van der Waals surface area (Å²) in [5.41, 5.74) is 0. The van der Waals surface area contributed by atoms with Crippen LogP contribution < -0.4 is 5.32 Å². The Bertz CT molecular complexity index is 478. The molecule has 21 heavy (non-hydrogen) atoms. The predicted octanol–water partition coefficient (Wildman–Crippen LogP) is -0.858. The molecule has 2 atom stereocenters. The van der Waals surface area contributed by atoms with Crippen LogP contribution in [-0.2, 0) is 19.6 Å². The number of carboxylic acid groups (broad SMARTS) is 1. The molecule has 0 aliphatic carbocycles. The zero-order valence-electron chi connectivity index (χ0n) is 12.0. The third-order valence-electron chi connectivity index (χ3n) is 3.33. The first-order valence-electron chi connectivity index (χ1n) is 6.97. The summed E-state index contributed by atoms with van der Waals surface area (Å²) in [6.07, 6.45) is -0.0866. The van der Waals surface area contributed by atoms with Crippen LogP contribution in [0.15, 0.2) is 0 Å². The molecule has 0 aromatic carbocycles. The fourth-order valence-electron chi connectivity index (χ4n) is 2.28. The van der Waals surface area contributed by atoms with Gasteiger partial charge in [-0.1, -0.05) is 6.92 Å². The quantitative estimate of drug-likeness (QED) is 0.534. The molecule has 1 aliphatic rings. The fraction of sp³-hybridized carbons (Fsp3) is 0.833. The van der Waals surface area contributed by atoms with Gasteiger partial charge in [0.05, 0.1) is 5.75 Å². The van der Waals surface area contributed by atoms with Gasteiger partial charge in [0.15, 0.2) is 6.10 Å². The Hall–Kier alpha value is -1.19. The van der Waals surface area contributed by atoms with Crippen LogP contribution in [0.1, 0.15) is 32.6 Å². The van der Waals surface area contributed by atoms with Crippen molar-refractivity contribution in [3.05, 3.63) is 0 Å². The third-order valence-corrected chi connectivity index (χ3v) is 5.40. The summed E-state index contributed by atoms with van der Waals surface area (Å²) in [6, 6.07) is -0.733. The SMILES string of the molecule is CCCS(=O)(=O)N1CCCC1C(=O)NCCC(O)C(=O)O. The Balaban J connectivity index is 2.55. The maximum atomic E-state index is 12.0. The second-order valence-corrected chi connectivity index (χ2v) is 7.06. The van der Waals surface area contributed by atoms with E-state index in [0.29, 0.717) is 25.8 Å². The van der Waals surface area contributed by atoms with E-state index in [9.17, 15) is 18.0 Å². The second-order valence-electron chi connectivity index (χ2n) is 5.02. The average Bonchev–Trinajstić information content (AvgIpc) is 2.88. The Morgan fingerprint density at radius 3 is 2.67 bits per heavy atom. The van der Waals surface area contributed by atoms with Crippen molar-refractivity contribution in [1.29, 1.82) is 0 Å². The van der Waals surface area contributed by atoms with Crippen LogP contribution in [-0.4, -0.2) is 65.8 Å². The summed E-state index contributed by atoms with van der Waals surface area (Å²) < 4.78 is 25.3. The highest BCUT2D eigenvalue weighted by molar-refractivity contribution is 7.89. The van der Waals surface area contributed by atoms with E-state index in [1.165, 1.54) is 4.31 Å². The molecular formula is C12H22N2O6S. The second kappa shape index (κ2) is 7.71. The summed E-state index contributed by atoms with van der Waals surface area (Å²) in [6.45, 7) is 2.08. The van der Waals surface area contributed by atoms with Crippen LogP contribution in [0.4, 0.5) is 0 Å². The topological polar surface area (TPSA) is 124 Å². The maximum Gasteiger partial charge on any atom is 0.332 e. The Labute approximate surface area is 124 Å². The van der Waals surface area contributed by atoms with E-state index >= 15 is 0 Å². The molecule has 3 N–H and O–H groups in total. The zero-order chi connectivity index (χ0) is 16.0. The van der Waals surface area contributed by atoms with Gasteiger partial charge in [-0.2, -0.15) is 4.31 Å². The Kier molecular flexibility index (Phi) is 6.56. The van der Waals surface area contributed by atoms with Crippen molar-refractivity contribution < 1.29 is 28.2 Å². The van der Waals surface area contributed by atoms with E-state index in [-0.39, 0.29) is 18.7 Å². The van der Waals surface area contributed by atoms with Gasteiger partial charge in [-0.25, -0.2) is 13.2 Å². The number of amides is 1. The van der Waals surface area contributed by atoms with Crippen molar-refractivity contribution in [2.45, 2.75) is 44.8 Å². The van der Waals surface area contributed by atoms with Crippen LogP contribution in [0.5, 0.6) is 0 Å². The highest BCUT2D eigenvalue weighted by atomic mass is 32.2. The number of nitrogens with one attached hydrogen (secondary N) is 1. The summed E-state index contributed by atoms with van der Waals surface area (Å²) >= 11 is 0. The Morgan fingerprint density at radius 2 is 2.10 bits per heavy atom. The number of aliphatic hydroxyl groups excluding tert-OH is 1. The van der Waals surface area contributed by atoms with Gasteiger partial charge >= 0.3 is 5.97 Å². The number of carboxylic acids is 1. The number of carbonyl (C=O) groups excluding carboxylic acids is 1. The first-order valence-corrected chi connectivity index (χ1v) is 8.58. The lowest BCUT2D eigenvalue weighted by Gasteiger charge is -2.23. The van der Waals surface area contributed by atoms with Gasteiger partial charge in [-0.15, -0.1) is 0 Å². The molecule has 0 aromatic heterocycles. The number of sulfonamides is 1. The van der Waals surface area contributed by atoms with Gasteiger partial charge in [0.2, 0.25) is 15.9 Å². The standard InChI is InChI=1S/C12H22N2O6S/c1-2-8-21(19,20)14-7-3-4-9(14)11(16)13-6-5-10(15)12(17)18/h9-10,15H,2-8H2,1H3,(H,13,16)(H,17,18). The number of hydrogen-bond acceptors (Lipinski definition) is 5. The minimum Gasteiger partial charge on any atom is -0.479 e. The monoisotopic (exact) mass is 322 g/mol. The molecule has 1 fully saturated rings. The first-order chi connectivity index (χ1) is 9.79. The van der Waals surface area contributed by atoms with Gasteiger partial charge in [-0.3, -0.25) is 4.79 Å². The average molecular weight is 322 g/mol. The molecule has 0 spiro atoms. The van der Waals surface area contributed by atoms with Crippen LogP contribution in [0.25, 0.3) is 0 Å². The number of rotatable bonds is 8. The highest BCUT2D eigenvalue weighted by Gasteiger charge is 2.37. The number of carbonyl (C=O) groups is 2. The molecule has 9 heteroatoms. The van der Waals surface area contributed by atoms with Gasteiger partial charge in [-0.05, 0) is 19.3 Å². The molecule has 1 aliphatic heterocycles. The maximum absolute atomic E-state index is 12.0. The molecule has 0 radical (unpaired) electrons. The van der Waals surface area contributed by atoms with Gasteiger partial charge in [0.25, 0.3) is 0 Å². The van der Waals surface area contributed by atoms with Crippen LogP contribution in [0.3, 0.4) is 0 Å². The van der Waals surface area contributed by atoms with E-state index in [0.717, 1.165) is 0 Å². The van der Waals surface area contributed by atoms with Gasteiger partial charge in [0.1, 0.15) is 6.04 Å². The number of nitrogens with zero attached hydrogens (tertiary/aromatic N) is 1. The number of hydrogen-bond donors (Lipinski definition) is 3. The van der Waals surface area contributed by atoms with Crippen LogP contribution >= 0.6 is 0 Å². The lowest BCUT2D eigenvalue weighted by atomic mass is 10.2. The lowest BCUT2D eigenvalue weighted by Crippen LogP contribution is -2.47. The molecule has 122 valence electrons. The zero-order valence-corrected chi connectivity index (χ0v) is 12.8. The summed E-state index contributed by atoms with van der Waals surface area (Å²) in [5.74, 6) is -1.78. The van der Waals surface area contributed by atoms with Crippen LogP contribution in [0.2, 0.25) is 0 Å². The normalized spacial score (nSPS) is 21.1.